The maximum absolute atomic E-state index is 11.4. The van der Waals surface area contributed by atoms with E-state index in [-0.39, 0.29) is 0 Å². The minimum Gasteiger partial charge on any atom is -0.444 e. The molecule has 29 heavy (non-hydrogen) atoms. The second kappa shape index (κ2) is 20.3. The van der Waals surface area contributed by atoms with Crippen molar-refractivity contribution >= 4 is 6.09 Å². The average molecular weight is 423 g/mol. The van der Waals surface area contributed by atoms with Gasteiger partial charge in [0.25, 0.3) is 0 Å². The lowest BCUT2D eigenvalue weighted by Gasteiger charge is -2.19. The first-order valence-electron chi connectivity index (χ1n) is 10.5. The van der Waals surface area contributed by atoms with Crippen LogP contribution in [-0.2, 0) is 28.4 Å². The van der Waals surface area contributed by atoms with Gasteiger partial charge in [0.1, 0.15) is 5.60 Å². The molecule has 0 rings (SSSR count). The molecular weight excluding hydrogens is 380 g/mol. The number of nitrogens with one attached hydrogen (secondary N) is 1. The van der Waals surface area contributed by atoms with Crippen molar-refractivity contribution in [2.45, 2.75) is 45.6 Å². The van der Waals surface area contributed by atoms with E-state index >= 15 is 0 Å². The zero-order valence-electron chi connectivity index (χ0n) is 18.5. The molecule has 0 aliphatic rings. The maximum Gasteiger partial charge on any atom is 0.407 e. The quantitative estimate of drug-likeness (QED) is 0.285. The summed E-state index contributed by atoms with van der Waals surface area (Å²) >= 11 is 0. The fraction of sp³-hybridized carbons (Fsp3) is 0.950. The first-order valence-corrected chi connectivity index (χ1v) is 10.5. The lowest BCUT2D eigenvalue weighted by Crippen LogP contribution is -2.34. The predicted molar refractivity (Wildman–Crippen MR) is 111 cm³/mol. The van der Waals surface area contributed by atoms with Gasteiger partial charge in [0, 0.05) is 26.3 Å². The van der Waals surface area contributed by atoms with Crippen molar-refractivity contribution in [1.29, 1.82) is 0 Å². The van der Waals surface area contributed by atoms with Crippen LogP contribution in [0.25, 0.3) is 0 Å². The Morgan fingerprint density at radius 2 is 1.14 bits per heavy atom. The third kappa shape index (κ3) is 25.0. The summed E-state index contributed by atoms with van der Waals surface area (Å²) in [6.07, 6.45) is 2.64. The SMILES string of the molecule is CC(C)(C)OC(=O)NCCOCCOCCCCCOCCOCCOCCN. The lowest BCUT2D eigenvalue weighted by atomic mass is 10.2. The Labute approximate surface area is 175 Å². The molecule has 0 aromatic rings. The standard InChI is InChI=1S/C20H42N2O7/c1-20(2,3)29-19(23)22-8-12-27-16-13-24-9-5-4-6-10-25-14-17-28-18-15-26-11-7-21/h4-18,21H2,1-3H3,(H,22,23). The lowest BCUT2D eigenvalue weighted by molar-refractivity contribution is 0.0146. The molecule has 9 heteroatoms. The van der Waals surface area contributed by atoms with Gasteiger partial charge in [-0.25, -0.2) is 4.79 Å². The Balaban J connectivity index is 3.11. The molecule has 1 amide bonds. The Hall–Kier alpha value is -0.970. The highest BCUT2D eigenvalue weighted by Gasteiger charge is 2.15. The number of amides is 1. The molecule has 0 aliphatic carbocycles. The highest BCUT2D eigenvalue weighted by atomic mass is 16.6. The van der Waals surface area contributed by atoms with Gasteiger partial charge in [-0.05, 0) is 40.0 Å². The normalized spacial score (nSPS) is 11.6. The fourth-order valence-electron chi connectivity index (χ4n) is 2.07. The zero-order valence-corrected chi connectivity index (χ0v) is 18.5. The van der Waals surface area contributed by atoms with E-state index in [1.165, 1.54) is 0 Å². The molecular formula is C20H42N2O7. The van der Waals surface area contributed by atoms with Crippen LogP contribution in [0.1, 0.15) is 40.0 Å². The Kier molecular flexibility index (Phi) is 19.6. The third-order valence-corrected chi connectivity index (χ3v) is 3.37. The largest absolute Gasteiger partial charge is 0.444 e. The fourth-order valence-corrected chi connectivity index (χ4v) is 2.07. The van der Waals surface area contributed by atoms with Gasteiger partial charge >= 0.3 is 6.09 Å². The summed E-state index contributed by atoms with van der Waals surface area (Å²) in [7, 11) is 0. The van der Waals surface area contributed by atoms with Crippen molar-refractivity contribution in [3.05, 3.63) is 0 Å². The molecule has 0 spiro atoms. The number of hydrogen-bond acceptors (Lipinski definition) is 8. The predicted octanol–water partition coefficient (Wildman–Crippen LogP) is 1.72. The summed E-state index contributed by atoms with van der Waals surface area (Å²) in [5.41, 5.74) is 4.83. The van der Waals surface area contributed by atoms with Gasteiger partial charge in [-0.2, -0.15) is 0 Å². The summed E-state index contributed by atoms with van der Waals surface area (Å²) in [6.45, 7) is 12.3. The highest BCUT2D eigenvalue weighted by Crippen LogP contribution is 2.06. The zero-order chi connectivity index (χ0) is 21.6. The van der Waals surface area contributed by atoms with Crippen molar-refractivity contribution in [3.8, 4) is 0 Å². The van der Waals surface area contributed by atoms with Gasteiger partial charge in [0.2, 0.25) is 0 Å². The van der Waals surface area contributed by atoms with Crippen LogP contribution in [0.4, 0.5) is 4.79 Å². The third-order valence-electron chi connectivity index (χ3n) is 3.37. The molecule has 0 saturated carbocycles. The minimum atomic E-state index is -0.487. The van der Waals surface area contributed by atoms with Crippen LogP contribution in [0.3, 0.4) is 0 Å². The van der Waals surface area contributed by atoms with Gasteiger partial charge in [-0.1, -0.05) is 0 Å². The summed E-state index contributed by atoms with van der Waals surface area (Å²) < 4.78 is 32.1. The van der Waals surface area contributed by atoms with Crippen LogP contribution in [-0.4, -0.2) is 90.9 Å². The number of nitrogens with two attached hydrogens (primary N) is 1. The number of ether oxygens (including phenoxy) is 6. The minimum absolute atomic E-state index is 0.419. The maximum atomic E-state index is 11.4. The average Bonchev–Trinajstić information content (AvgIpc) is 2.65. The van der Waals surface area contributed by atoms with Gasteiger partial charge in [-0.15, -0.1) is 0 Å². The summed E-state index contributed by atoms with van der Waals surface area (Å²) in [5.74, 6) is 0. The highest BCUT2D eigenvalue weighted by molar-refractivity contribution is 5.67. The van der Waals surface area contributed by atoms with Gasteiger partial charge in [0.05, 0.1) is 52.9 Å². The van der Waals surface area contributed by atoms with E-state index in [1.54, 1.807) is 0 Å². The summed E-state index contributed by atoms with van der Waals surface area (Å²) in [5, 5.41) is 2.64. The van der Waals surface area contributed by atoms with E-state index in [2.05, 4.69) is 5.32 Å². The molecule has 0 aromatic heterocycles. The van der Waals surface area contributed by atoms with Gasteiger partial charge in [0.15, 0.2) is 0 Å². The van der Waals surface area contributed by atoms with Crippen molar-refractivity contribution in [3.63, 3.8) is 0 Å². The van der Waals surface area contributed by atoms with E-state index in [1.807, 2.05) is 20.8 Å². The molecule has 0 fully saturated rings. The van der Waals surface area contributed by atoms with E-state index in [0.717, 1.165) is 25.9 Å². The number of carbonyl (C=O) groups excluding carboxylic acids is 1. The molecule has 0 aromatic carbocycles. The molecule has 0 aliphatic heterocycles. The van der Waals surface area contributed by atoms with E-state index in [9.17, 15) is 4.79 Å². The van der Waals surface area contributed by atoms with Crippen molar-refractivity contribution < 1.29 is 33.2 Å². The second-order valence-corrected chi connectivity index (χ2v) is 7.34. The van der Waals surface area contributed by atoms with Crippen LogP contribution in [0, 0.1) is 0 Å². The molecule has 3 N–H and O–H groups in total. The Morgan fingerprint density at radius 3 is 1.62 bits per heavy atom. The van der Waals surface area contributed by atoms with Crippen molar-refractivity contribution in [2.24, 2.45) is 5.73 Å². The van der Waals surface area contributed by atoms with E-state index in [0.29, 0.717) is 72.6 Å². The van der Waals surface area contributed by atoms with Crippen molar-refractivity contribution in [2.75, 3.05) is 79.2 Å². The van der Waals surface area contributed by atoms with Crippen LogP contribution in [0.5, 0.6) is 0 Å². The topological polar surface area (TPSA) is 111 Å². The van der Waals surface area contributed by atoms with Crippen LogP contribution < -0.4 is 11.1 Å². The van der Waals surface area contributed by atoms with Gasteiger partial charge in [-0.3, -0.25) is 0 Å². The molecule has 174 valence electrons. The van der Waals surface area contributed by atoms with Crippen molar-refractivity contribution in [1.82, 2.24) is 5.32 Å². The molecule has 0 heterocycles. The number of hydrogen-bond donors (Lipinski definition) is 2. The Bertz CT molecular complexity index is 365. The van der Waals surface area contributed by atoms with Crippen LogP contribution in [0.15, 0.2) is 0 Å². The molecule has 0 saturated heterocycles. The number of unbranched alkanes of at least 4 members (excludes halogenated alkanes) is 2. The van der Waals surface area contributed by atoms with Crippen LogP contribution >= 0.6 is 0 Å². The Morgan fingerprint density at radius 1 is 0.690 bits per heavy atom. The van der Waals surface area contributed by atoms with E-state index < -0.39 is 11.7 Å². The van der Waals surface area contributed by atoms with Gasteiger partial charge < -0.3 is 39.5 Å². The van der Waals surface area contributed by atoms with E-state index in [4.69, 9.17) is 34.2 Å². The molecule has 0 bridgehead atoms. The molecule has 0 radical (unpaired) electrons. The van der Waals surface area contributed by atoms with Crippen LogP contribution in [0.2, 0.25) is 0 Å². The molecule has 0 atom stereocenters. The monoisotopic (exact) mass is 422 g/mol. The number of rotatable bonds is 20. The first-order chi connectivity index (χ1) is 14.0. The molecule has 0 unspecified atom stereocenters. The first kappa shape index (κ1) is 28.0. The summed E-state index contributed by atoms with van der Waals surface area (Å²) in [4.78, 5) is 11.4. The molecule has 9 nitrogen and oxygen atoms in total. The smallest absolute Gasteiger partial charge is 0.407 e. The number of alkyl carbamates (subject to hydrolysis) is 1. The number of carbonyl (C=O) groups is 1. The summed E-state index contributed by atoms with van der Waals surface area (Å²) in [6, 6.07) is 0. The second-order valence-electron chi connectivity index (χ2n) is 7.34.